The minimum Gasteiger partial charge on any atom is -0.481 e. The summed E-state index contributed by atoms with van der Waals surface area (Å²) < 4.78 is 0. The molecule has 0 saturated carbocycles. The highest BCUT2D eigenvalue weighted by molar-refractivity contribution is 5.66. The van der Waals surface area contributed by atoms with Crippen molar-refractivity contribution in [1.82, 2.24) is 0 Å². The van der Waals surface area contributed by atoms with Gasteiger partial charge in [-0.15, -0.1) is 0 Å². The van der Waals surface area contributed by atoms with Crippen LogP contribution in [0, 0.1) is 5.41 Å². The minimum atomic E-state index is -0.799. The van der Waals surface area contributed by atoms with Gasteiger partial charge < -0.3 is 9.90 Å². The van der Waals surface area contributed by atoms with Crippen LogP contribution in [0.2, 0.25) is 0 Å². The predicted molar refractivity (Wildman–Crippen MR) is 41.3 cm³/mol. The molecule has 0 aromatic carbocycles. The summed E-state index contributed by atoms with van der Waals surface area (Å²) >= 11 is 0. The molecule has 0 saturated heterocycles. The van der Waals surface area contributed by atoms with Gasteiger partial charge in [0.15, 0.2) is 0 Å². The van der Waals surface area contributed by atoms with E-state index >= 15 is 0 Å². The molecule has 64 valence electrons. The Balaban J connectivity index is 3.53. The zero-order valence-corrected chi connectivity index (χ0v) is 6.96. The van der Waals surface area contributed by atoms with Gasteiger partial charge >= 0.3 is 5.97 Å². The van der Waals surface area contributed by atoms with Crippen molar-refractivity contribution >= 4 is 12.3 Å². The lowest BCUT2D eigenvalue weighted by Crippen LogP contribution is -2.13. The molecule has 11 heavy (non-hydrogen) atoms. The van der Waals surface area contributed by atoms with E-state index in [1.807, 2.05) is 13.8 Å². The van der Waals surface area contributed by atoms with Crippen LogP contribution in [-0.4, -0.2) is 17.4 Å². The molecule has 3 nitrogen and oxygen atoms in total. The van der Waals surface area contributed by atoms with Crippen LogP contribution in [0.4, 0.5) is 0 Å². The number of hydrogen-bond acceptors (Lipinski definition) is 2. The Labute approximate surface area is 66.4 Å². The summed E-state index contributed by atoms with van der Waals surface area (Å²) in [7, 11) is 0. The second-order valence-electron chi connectivity index (χ2n) is 3.35. The number of aldehydes is 1. The van der Waals surface area contributed by atoms with E-state index in [1.165, 1.54) is 0 Å². The molecule has 0 rings (SSSR count). The number of rotatable bonds is 5. The molecule has 1 N–H and O–H groups in total. The van der Waals surface area contributed by atoms with Crippen molar-refractivity contribution in [1.29, 1.82) is 0 Å². The zero-order valence-electron chi connectivity index (χ0n) is 6.96. The summed E-state index contributed by atoms with van der Waals surface area (Å²) in [6, 6.07) is 0. The summed E-state index contributed by atoms with van der Waals surface area (Å²) in [5.74, 6) is -0.799. The fraction of sp³-hybridized carbons (Fsp3) is 0.750. The largest absolute Gasteiger partial charge is 0.481 e. The number of carboxylic acid groups (broad SMARTS) is 1. The van der Waals surface area contributed by atoms with Crippen LogP contribution >= 0.6 is 0 Å². The number of carbonyl (C=O) groups excluding carboxylic acids is 1. The maximum atomic E-state index is 10.4. The molecule has 0 bridgehead atoms. The van der Waals surface area contributed by atoms with Gasteiger partial charge in [-0.05, 0) is 12.8 Å². The van der Waals surface area contributed by atoms with Gasteiger partial charge in [-0.25, -0.2) is 0 Å². The topological polar surface area (TPSA) is 54.4 Å². The standard InChI is InChI=1S/C8H14O3/c1-8(2,6-9)5-3-4-7(10)11/h6H,3-5H2,1-2H3,(H,10,11). The fourth-order valence-corrected chi connectivity index (χ4v) is 0.754. The highest BCUT2D eigenvalue weighted by Gasteiger charge is 2.15. The molecule has 0 unspecified atom stereocenters. The van der Waals surface area contributed by atoms with Gasteiger partial charge in [0, 0.05) is 11.8 Å². The van der Waals surface area contributed by atoms with Crippen LogP contribution in [0.15, 0.2) is 0 Å². The molecule has 3 heteroatoms. The van der Waals surface area contributed by atoms with Crippen LogP contribution in [0.1, 0.15) is 33.1 Å². The molecule has 0 aliphatic carbocycles. The predicted octanol–water partition coefficient (Wildman–Crippen LogP) is 1.47. The van der Waals surface area contributed by atoms with Crippen molar-refractivity contribution in [2.45, 2.75) is 33.1 Å². The van der Waals surface area contributed by atoms with Crippen LogP contribution in [0.5, 0.6) is 0 Å². The van der Waals surface area contributed by atoms with E-state index in [4.69, 9.17) is 5.11 Å². The molecular weight excluding hydrogens is 144 g/mol. The number of aliphatic carboxylic acids is 1. The van der Waals surface area contributed by atoms with E-state index in [2.05, 4.69) is 0 Å². The normalized spacial score (nSPS) is 11.1. The maximum Gasteiger partial charge on any atom is 0.303 e. The van der Waals surface area contributed by atoms with Gasteiger partial charge in [-0.1, -0.05) is 13.8 Å². The van der Waals surface area contributed by atoms with Crippen LogP contribution in [-0.2, 0) is 9.59 Å². The third kappa shape index (κ3) is 5.58. The van der Waals surface area contributed by atoms with Gasteiger partial charge in [0.2, 0.25) is 0 Å². The number of carbonyl (C=O) groups is 2. The Hall–Kier alpha value is -0.860. The first-order chi connectivity index (χ1) is 4.98. The highest BCUT2D eigenvalue weighted by atomic mass is 16.4. The van der Waals surface area contributed by atoms with Gasteiger partial charge in [-0.3, -0.25) is 4.79 Å². The molecule has 0 radical (unpaired) electrons. The summed E-state index contributed by atoms with van der Waals surface area (Å²) in [5.41, 5.74) is -0.366. The smallest absolute Gasteiger partial charge is 0.303 e. The molecular formula is C8H14O3. The van der Waals surface area contributed by atoms with Crippen molar-refractivity contribution in [3.8, 4) is 0 Å². The molecule has 0 atom stereocenters. The Morgan fingerprint density at radius 2 is 2.09 bits per heavy atom. The number of carboxylic acids is 1. The lowest BCUT2D eigenvalue weighted by Gasteiger charge is -2.14. The van der Waals surface area contributed by atoms with Gasteiger partial charge in [0.1, 0.15) is 6.29 Å². The van der Waals surface area contributed by atoms with Crippen LogP contribution in [0.3, 0.4) is 0 Å². The van der Waals surface area contributed by atoms with Gasteiger partial charge in [0.05, 0.1) is 0 Å². The second kappa shape index (κ2) is 4.11. The zero-order chi connectivity index (χ0) is 8.91. The second-order valence-corrected chi connectivity index (χ2v) is 3.35. The van der Waals surface area contributed by atoms with E-state index in [0.29, 0.717) is 12.8 Å². The molecule has 0 fully saturated rings. The molecule has 0 amide bonds. The van der Waals surface area contributed by atoms with Crippen molar-refractivity contribution < 1.29 is 14.7 Å². The Bertz CT molecular complexity index is 149. The summed E-state index contributed by atoms with van der Waals surface area (Å²) in [5, 5.41) is 8.29. The molecule has 0 aliphatic heterocycles. The SMILES string of the molecule is CC(C)(C=O)CCCC(=O)O. The molecule has 0 aromatic rings. The van der Waals surface area contributed by atoms with Gasteiger partial charge in [0.25, 0.3) is 0 Å². The van der Waals surface area contributed by atoms with Crippen molar-refractivity contribution in [3.05, 3.63) is 0 Å². The first kappa shape index (κ1) is 10.1. The lowest BCUT2D eigenvalue weighted by atomic mass is 9.89. The van der Waals surface area contributed by atoms with E-state index in [0.717, 1.165) is 6.29 Å². The summed E-state index contributed by atoms with van der Waals surface area (Å²) in [6.45, 7) is 3.61. The first-order valence-electron chi connectivity index (χ1n) is 3.66. The molecule has 0 spiro atoms. The van der Waals surface area contributed by atoms with Crippen molar-refractivity contribution in [2.75, 3.05) is 0 Å². The first-order valence-corrected chi connectivity index (χ1v) is 3.66. The molecule has 0 aliphatic rings. The Kier molecular flexibility index (Phi) is 3.79. The third-order valence-electron chi connectivity index (χ3n) is 1.53. The molecule has 0 aromatic heterocycles. The number of hydrogen-bond donors (Lipinski definition) is 1. The average molecular weight is 158 g/mol. The average Bonchev–Trinajstić information content (AvgIpc) is 1.87. The van der Waals surface area contributed by atoms with E-state index < -0.39 is 5.97 Å². The van der Waals surface area contributed by atoms with Crippen molar-refractivity contribution in [2.24, 2.45) is 5.41 Å². The van der Waals surface area contributed by atoms with Crippen LogP contribution in [0.25, 0.3) is 0 Å². The summed E-state index contributed by atoms with van der Waals surface area (Å²) in [6.07, 6.45) is 2.23. The Morgan fingerprint density at radius 1 is 1.55 bits per heavy atom. The monoisotopic (exact) mass is 158 g/mol. The van der Waals surface area contributed by atoms with E-state index in [1.54, 1.807) is 0 Å². The fourth-order valence-electron chi connectivity index (χ4n) is 0.754. The Morgan fingerprint density at radius 3 is 2.45 bits per heavy atom. The highest BCUT2D eigenvalue weighted by Crippen LogP contribution is 2.19. The lowest BCUT2D eigenvalue weighted by molar-refractivity contribution is -0.137. The maximum absolute atomic E-state index is 10.4. The summed E-state index contributed by atoms with van der Waals surface area (Å²) in [4.78, 5) is 20.4. The molecule has 0 heterocycles. The van der Waals surface area contributed by atoms with Crippen molar-refractivity contribution in [3.63, 3.8) is 0 Å². The minimum absolute atomic E-state index is 0.150. The van der Waals surface area contributed by atoms with E-state index in [-0.39, 0.29) is 11.8 Å². The van der Waals surface area contributed by atoms with E-state index in [9.17, 15) is 9.59 Å². The van der Waals surface area contributed by atoms with Crippen LogP contribution < -0.4 is 0 Å². The van der Waals surface area contributed by atoms with Gasteiger partial charge in [-0.2, -0.15) is 0 Å². The quantitative estimate of drug-likeness (QED) is 0.616. The third-order valence-corrected chi connectivity index (χ3v) is 1.53.